The van der Waals surface area contributed by atoms with E-state index in [1.807, 2.05) is 60.3 Å². The summed E-state index contributed by atoms with van der Waals surface area (Å²) in [5, 5.41) is 15.5. The van der Waals surface area contributed by atoms with Gasteiger partial charge in [-0.15, -0.1) is 0 Å². The fourth-order valence-corrected chi connectivity index (χ4v) is 2.13. The summed E-state index contributed by atoms with van der Waals surface area (Å²) in [4.78, 5) is 11.6. The first-order chi connectivity index (χ1) is 10.2. The van der Waals surface area contributed by atoms with E-state index in [0.717, 1.165) is 11.3 Å². The largest absolute Gasteiger partial charge is 0.387 e. The molecule has 0 radical (unpaired) electrons. The van der Waals surface area contributed by atoms with Gasteiger partial charge in [-0.05, 0) is 24.1 Å². The Balaban J connectivity index is 1.66. The third-order valence-electron chi connectivity index (χ3n) is 3.32. The van der Waals surface area contributed by atoms with Crippen LogP contribution in [0.25, 0.3) is 0 Å². The number of aromatic nitrogens is 1. The van der Waals surface area contributed by atoms with Crippen molar-refractivity contribution in [2.45, 2.75) is 19.1 Å². The molecule has 2 aromatic rings. The van der Waals surface area contributed by atoms with Crippen molar-refractivity contribution in [2.24, 2.45) is 7.05 Å². The molecule has 1 aromatic heterocycles. The highest BCUT2D eigenvalue weighted by Crippen LogP contribution is 2.15. The molecule has 1 atom stereocenters. The van der Waals surface area contributed by atoms with Crippen LogP contribution in [0, 0.1) is 0 Å². The van der Waals surface area contributed by atoms with Gasteiger partial charge in [0, 0.05) is 32.0 Å². The van der Waals surface area contributed by atoms with Gasteiger partial charge < -0.3 is 20.3 Å². The number of nitrogens with zero attached hydrogens (tertiary/aromatic N) is 1. The van der Waals surface area contributed by atoms with Crippen LogP contribution in [0.5, 0.6) is 0 Å². The maximum Gasteiger partial charge on any atom is 0.315 e. The SMILES string of the molecule is Cn1cccc1C(O)CCNC(=O)NCc1ccccc1. The van der Waals surface area contributed by atoms with Gasteiger partial charge in [0.15, 0.2) is 0 Å². The molecule has 0 saturated heterocycles. The molecular weight excluding hydrogens is 266 g/mol. The Bertz CT molecular complexity index is 566. The molecule has 2 amide bonds. The van der Waals surface area contributed by atoms with E-state index in [1.54, 1.807) is 0 Å². The molecular formula is C16H21N3O2. The lowest BCUT2D eigenvalue weighted by Gasteiger charge is -2.13. The summed E-state index contributed by atoms with van der Waals surface area (Å²) in [6, 6.07) is 13.3. The van der Waals surface area contributed by atoms with Crippen molar-refractivity contribution in [3.8, 4) is 0 Å². The number of carbonyl (C=O) groups is 1. The van der Waals surface area contributed by atoms with Crippen molar-refractivity contribution in [1.82, 2.24) is 15.2 Å². The summed E-state index contributed by atoms with van der Waals surface area (Å²) in [5.74, 6) is 0. The second-order valence-corrected chi connectivity index (χ2v) is 4.94. The molecule has 5 nitrogen and oxygen atoms in total. The number of benzene rings is 1. The molecule has 0 fully saturated rings. The lowest BCUT2D eigenvalue weighted by Crippen LogP contribution is -2.36. The van der Waals surface area contributed by atoms with Gasteiger partial charge in [0.25, 0.3) is 0 Å². The predicted molar refractivity (Wildman–Crippen MR) is 81.7 cm³/mol. The average molecular weight is 287 g/mol. The number of hydrogen-bond acceptors (Lipinski definition) is 2. The highest BCUT2D eigenvalue weighted by atomic mass is 16.3. The monoisotopic (exact) mass is 287 g/mol. The number of aryl methyl sites for hydroxylation is 1. The van der Waals surface area contributed by atoms with Gasteiger partial charge in [0.1, 0.15) is 0 Å². The minimum Gasteiger partial charge on any atom is -0.387 e. The van der Waals surface area contributed by atoms with Crippen LogP contribution in [0.2, 0.25) is 0 Å². The third-order valence-corrected chi connectivity index (χ3v) is 3.32. The first-order valence-corrected chi connectivity index (χ1v) is 7.01. The second-order valence-electron chi connectivity index (χ2n) is 4.94. The smallest absolute Gasteiger partial charge is 0.315 e. The molecule has 21 heavy (non-hydrogen) atoms. The van der Waals surface area contributed by atoms with Crippen LogP contribution in [0.1, 0.15) is 23.8 Å². The van der Waals surface area contributed by atoms with Crippen LogP contribution in [0.15, 0.2) is 48.7 Å². The van der Waals surface area contributed by atoms with E-state index >= 15 is 0 Å². The summed E-state index contributed by atoms with van der Waals surface area (Å²) in [5.41, 5.74) is 1.90. The Morgan fingerprint density at radius 1 is 1.19 bits per heavy atom. The molecule has 1 unspecified atom stereocenters. The minimum atomic E-state index is -0.570. The van der Waals surface area contributed by atoms with Crippen LogP contribution < -0.4 is 10.6 Å². The number of nitrogens with one attached hydrogen (secondary N) is 2. The number of aliphatic hydroxyl groups excluding tert-OH is 1. The van der Waals surface area contributed by atoms with Gasteiger partial charge in [0.2, 0.25) is 0 Å². The van der Waals surface area contributed by atoms with Crippen molar-refractivity contribution >= 4 is 6.03 Å². The highest BCUT2D eigenvalue weighted by Gasteiger charge is 2.10. The molecule has 3 N–H and O–H groups in total. The third kappa shape index (κ3) is 4.65. The minimum absolute atomic E-state index is 0.224. The Morgan fingerprint density at radius 2 is 1.95 bits per heavy atom. The Kier molecular flexibility index (Phi) is 5.40. The molecule has 0 saturated carbocycles. The van der Waals surface area contributed by atoms with E-state index in [4.69, 9.17) is 0 Å². The van der Waals surface area contributed by atoms with Crippen LogP contribution in [-0.4, -0.2) is 22.2 Å². The first-order valence-electron chi connectivity index (χ1n) is 7.01. The van der Waals surface area contributed by atoms with Crippen LogP contribution in [-0.2, 0) is 13.6 Å². The van der Waals surface area contributed by atoms with Gasteiger partial charge in [-0.1, -0.05) is 30.3 Å². The quantitative estimate of drug-likeness (QED) is 0.760. The molecule has 112 valence electrons. The van der Waals surface area contributed by atoms with Gasteiger partial charge >= 0.3 is 6.03 Å². The van der Waals surface area contributed by atoms with Crippen LogP contribution in [0.4, 0.5) is 4.79 Å². The van der Waals surface area contributed by atoms with Crippen molar-refractivity contribution in [2.75, 3.05) is 6.54 Å². The molecule has 0 aliphatic heterocycles. The summed E-state index contributed by atoms with van der Waals surface area (Å²) in [6.07, 6.45) is 1.80. The molecule has 0 bridgehead atoms. The number of rotatable bonds is 6. The lowest BCUT2D eigenvalue weighted by atomic mass is 10.2. The highest BCUT2D eigenvalue weighted by molar-refractivity contribution is 5.73. The summed E-state index contributed by atoms with van der Waals surface area (Å²) < 4.78 is 1.88. The maximum atomic E-state index is 11.6. The normalized spacial score (nSPS) is 11.9. The molecule has 0 spiro atoms. The zero-order valence-electron chi connectivity index (χ0n) is 12.1. The zero-order chi connectivity index (χ0) is 15.1. The van der Waals surface area contributed by atoms with Gasteiger partial charge in [-0.2, -0.15) is 0 Å². The van der Waals surface area contributed by atoms with Crippen molar-refractivity contribution in [3.05, 3.63) is 59.9 Å². The number of hydrogen-bond donors (Lipinski definition) is 3. The maximum absolute atomic E-state index is 11.6. The van der Waals surface area contributed by atoms with Gasteiger partial charge in [-0.25, -0.2) is 4.79 Å². The van der Waals surface area contributed by atoms with E-state index in [1.165, 1.54) is 0 Å². The molecule has 5 heteroatoms. The topological polar surface area (TPSA) is 66.3 Å². The summed E-state index contributed by atoms with van der Waals surface area (Å²) in [6.45, 7) is 0.917. The van der Waals surface area contributed by atoms with Crippen LogP contribution in [0.3, 0.4) is 0 Å². The van der Waals surface area contributed by atoms with Gasteiger partial charge in [0.05, 0.1) is 6.10 Å². The number of amides is 2. The lowest BCUT2D eigenvalue weighted by molar-refractivity contribution is 0.159. The van der Waals surface area contributed by atoms with E-state index < -0.39 is 6.10 Å². The summed E-state index contributed by atoms with van der Waals surface area (Å²) in [7, 11) is 1.89. The van der Waals surface area contributed by atoms with Crippen molar-refractivity contribution in [1.29, 1.82) is 0 Å². The molecule has 2 rings (SSSR count). The Morgan fingerprint density at radius 3 is 2.62 bits per heavy atom. The number of urea groups is 1. The number of aliphatic hydroxyl groups is 1. The first kappa shape index (κ1) is 15.1. The van der Waals surface area contributed by atoms with E-state index in [2.05, 4.69) is 10.6 Å². The predicted octanol–water partition coefficient (Wildman–Crippen LogP) is 1.95. The fraction of sp³-hybridized carbons (Fsp3) is 0.312. The van der Waals surface area contributed by atoms with Crippen molar-refractivity contribution < 1.29 is 9.90 Å². The van der Waals surface area contributed by atoms with E-state index in [0.29, 0.717) is 19.5 Å². The molecule has 1 aromatic carbocycles. The second kappa shape index (κ2) is 7.50. The van der Waals surface area contributed by atoms with Crippen LogP contribution >= 0.6 is 0 Å². The average Bonchev–Trinajstić information content (AvgIpc) is 2.92. The Labute approximate surface area is 124 Å². The van der Waals surface area contributed by atoms with Crippen molar-refractivity contribution in [3.63, 3.8) is 0 Å². The summed E-state index contributed by atoms with van der Waals surface area (Å²) >= 11 is 0. The zero-order valence-corrected chi connectivity index (χ0v) is 12.1. The molecule has 0 aliphatic carbocycles. The van der Waals surface area contributed by atoms with E-state index in [9.17, 15) is 9.90 Å². The molecule has 1 heterocycles. The Hall–Kier alpha value is -2.27. The molecule has 0 aliphatic rings. The fourth-order valence-electron chi connectivity index (χ4n) is 2.13. The standard InChI is InChI=1S/C16H21N3O2/c1-19-11-5-8-14(19)15(20)9-10-17-16(21)18-12-13-6-3-2-4-7-13/h2-8,11,15,20H,9-10,12H2,1H3,(H2,17,18,21). The van der Waals surface area contributed by atoms with E-state index in [-0.39, 0.29) is 6.03 Å². The number of carbonyl (C=O) groups excluding carboxylic acids is 1. The van der Waals surface area contributed by atoms with Gasteiger partial charge in [-0.3, -0.25) is 0 Å².